The Balaban J connectivity index is 0.000000801. The summed E-state index contributed by atoms with van der Waals surface area (Å²) in [5.41, 5.74) is 4.70. The Hall–Kier alpha value is -3.10. The van der Waals surface area contributed by atoms with Crippen molar-refractivity contribution in [3.05, 3.63) is 82.4 Å². The van der Waals surface area contributed by atoms with Gasteiger partial charge in [0.2, 0.25) is 0 Å². The minimum atomic E-state index is -1.82. The molecule has 0 spiro atoms. The molecule has 0 saturated carbocycles. The summed E-state index contributed by atoms with van der Waals surface area (Å²) in [7, 11) is 2.05. The lowest BCUT2D eigenvalue weighted by Crippen LogP contribution is -2.29. The van der Waals surface area contributed by atoms with Crippen LogP contribution in [0.5, 0.6) is 0 Å². The van der Waals surface area contributed by atoms with Crippen molar-refractivity contribution in [2.75, 3.05) is 26.7 Å². The molecule has 2 aromatic carbocycles. The SMILES string of the molecule is C=C(C)CN(C)CC(COCc1c(F)cccc1F)c1c(C)cccc1C.O=C(O)C(=O)O. The van der Waals surface area contributed by atoms with E-state index in [4.69, 9.17) is 24.5 Å². The van der Waals surface area contributed by atoms with Gasteiger partial charge in [-0.1, -0.05) is 36.4 Å². The van der Waals surface area contributed by atoms with Gasteiger partial charge in [0.1, 0.15) is 11.6 Å². The number of carboxylic acids is 2. The van der Waals surface area contributed by atoms with Crippen molar-refractivity contribution in [2.24, 2.45) is 0 Å². The van der Waals surface area contributed by atoms with Crippen molar-refractivity contribution in [1.29, 1.82) is 0 Å². The molecule has 0 saturated heterocycles. The van der Waals surface area contributed by atoms with E-state index >= 15 is 0 Å². The number of hydrogen-bond acceptors (Lipinski definition) is 4. The first-order chi connectivity index (χ1) is 15.4. The standard InChI is InChI=1S/C23H29F2NO.C2H2O4/c1-16(2)12-26(5)13-19(23-17(3)8-6-9-18(23)4)14-27-15-20-21(24)10-7-11-22(20)25;3-1(4)2(5)6/h6-11,19H,1,12-15H2,2-5H3;(H,3,4)(H,5,6). The zero-order valence-corrected chi connectivity index (χ0v) is 19.4. The number of aliphatic carboxylic acids is 2. The van der Waals surface area contributed by atoms with Crippen molar-refractivity contribution in [1.82, 2.24) is 4.90 Å². The van der Waals surface area contributed by atoms with Crippen LogP contribution >= 0.6 is 0 Å². The van der Waals surface area contributed by atoms with Crippen LogP contribution in [0.2, 0.25) is 0 Å². The van der Waals surface area contributed by atoms with E-state index in [1.165, 1.54) is 34.9 Å². The van der Waals surface area contributed by atoms with Crippen LogP contribution in [0.3, 0.4) is 0 Å². The summed E-state index contributed by atoms with van der Waals surface area (Å²) in [5, 5.41) is 14.8. The topological polar surface area (TPSA) is 87.1 Å². The number of nitrogens with zero attached hydrogens (tertiary/aromatic N) is 1. The van der Waals surface area contributed by atoms with Gasteiger partial charge in [-0.15, -0.1) is 0 Å². The zero-order valence-electron chi connectivity index (χ0n) is 19.4. The molecule has 0 aliphatic rings. The van der Waals surface area contributed by atoms with Crippen LogP contribution in [0.25, 0.3) is 0 Å². The molecule has 2 N–H and O–H groups in total. The fraction of sp³-hybridized carbons (Fsp3) is 0.360. The molecule has 2 rings (SSSR count). The third kappa shape index (κ3) is 9.51. The second kappa shape index (κ2) is 13.4. The summed E-state index contributed by atoms with van der Waals surface area (Å²) < 4.78 is 33.5. The largest absolute Gasteiger partial charge is 0.473 e. The third-order valence-electron chi connectivity index (χ3n) is 4.83. The first-order valence-corrected chi connectivity index (χ1v) is 10.3. The van der Waals surface area contributed by atoms with E-state index in [1.54, 1.807) is 0 Å². The molecule has 33 heavy (non-hydrogen) atoms. The fourth-order valence-corrected chi connectivity index (χ4v) is 3.57. The fourth-order valence-electron chi connectivity index (χ4n) is 3.57. The third-order valence-corrected chi connectivity index (χ3v) is 4.83. The average Bonchev–Trinajstić information content (AvgIpc) is 2.69. The van der Waals surface area contributed by atoms with Crippen molar-refractivity contribution in [3.63, 3.8) is 0 Å². The molecule has 1 unspecified atom stereocenters. The van der Waals surface area contributed by atoms with E-state index in [0.29, 0.717) is 6.61 Å². The monoisotopic (exact) mass is 463 g/mol. The number of ether oxygens (including phenoxy) is 1. The second-order valence-electron chi connectivity index (χ2n) is 7.98. The van der Waals surface area contributed by atoms with E-state index in [-0.39, 0.29) is 18.1 Å². The van der Waals surface area contributed by atoms with E-state index in [9.17, 15) is 8.78 Å². The summed E-state index contributed by atoms with van der Waals surface area (Å²) in [4.78, 5) is 20.4. The molecule has 2 aromatic rings. The highest BCUT2D eigenvalue weighted by Gasteiger charge is 2.19. The lowest BCUT2D eigenvalue weighted by molar-refractivity contribution is -0.159. The van der Waals surface area contributed by atoms with E-state index in [2.05, 4.69) is 37.5 Å². The van der Waals surface area contributed by atoms with Gasteiger partial charge in [-0.3, -0.25) is 0 Å². The van der Waals surface area contributed by atoms with Crippen molar-refractivity contribution in [2.45, 2.75) is 33.3 Å². The quantitative estimate of drug-likeness (QED) is 0.419. The number of hydrogen-bond donors (Lipinski definition) is 2. The smallest absolute Gasteiger partial charge is 0.414 e. The molecular weight excluding hydrogens is 432 g/mol. The average molecular weight is 464 g/mol. The number of likely N-dealkylation sites (N-methyl/N-ethyl adjacent to an activating group) is 1. The van der Waals surface area contributed by atoms with Crippen molar-refractivity contribution < 1.29 is 33.3 Å². The minimum absolute atomic E-state index is 0.0203. The molecule has 0 bridgehead atoms. The van der Waals surface area contributed by atoms with Crippen LogP contribution in [0.4, 0.5) is 8.78 Å². The predicted molar refractivity (Wildman–Crippen MR) is 122 cm³/mol. The first-order valence-electron chi connectivity index (χ1n) is 10.3. The molecule has 0 aliphatic carbocycles. The van der Waals surface area contributed by atoms with E-state index in [1.807, 2.05) is 20.0 Å². The van der Waals surface area contributed by atoms with Gasteiger partial charge in [-0.25, -0.2) is 18.4 Å². The van der Waals surface area contributed by atoms with Crippen LogP contribution in [0.1, 0.15) is 35.1 Å². The van der Waals surface area contributed by atoms with Crippen LogP contribution in [-0.4, -0.2) is 53.8 Å². The van der Waals surface area contributed by atoms with Gasteiger partial charge in [0.25, 0.3) is 0 Å². The number of carboxylic acid groups (broad SMARTS) is 2. The van der Waals surface area contributed by atoms with Crippen LogP contribution < -0.4 is 0 Å². The summed E-state index contributed by atoms with van der Waals surface area (Å²) in [6.45, 7) is 12.0. The molecule has 1 atom stereocenters. The Morgan fingerprint density at radius 2 is 1.52 bits per heavy atom. The van der Waals surface area contributed by atoms with Gasteiger partial charge in [0, 0.05) is 24.6 Å². The molecule has 180 valence electrons. The maximum Gasteiger partial charge on any atom is 0.414 e. The molecule has 0 fully saturated rings. The highest BCUT2D eigenvalue weighted by molar-refractivity contribution is 6.27. The molecule has 0 amide bonds. The molecule has 8 heteroatoms. The Kier molecular flexibility index (Phi) is 11.4. The van der Waals surface area contributed by atoms with Crippen LogP contribution in [0.15, 0.2) is 48.6 Å². The summed E-state index contributed by atoms with van der Waals surface area (Å²) in [6.07, 6.45) is 0. The number of carbonyl (C=O) groups is 2. The highest BCUT2D eigenvalue weighted by atomic mass is 19.1. The normalized spacial score (nSPS) is 11.5. The first kappa shape index (κ1) is 27.9. The number of aryl methyl sites for hydroxylation is 2. The Morgan fingerprint density at radius 1 is 1.03 bits per heavy atom. The Morgan fingerprint density at radius 3 is 1.97 bits per heavy atom. The molecule has 0 aliphatic heterocycles. The summed E-state index contributed by atoms with van der Waals surface area (Å²) in [5.74, 6) is -4.69. The number of halogens is 2. The molecule has 0 heterocycles. The van der Waals surface area contributed by atoms with Crippen LogP contribution in [-0.2, 0) is 20.9 Å². The van der Waals surface area contributed by atoms with Gasteiger partial charge < -0.3 is 19.8 Å². The Labute approximate surface area is 193 Å². The number of benzene rings is 2. The van der Waals surface area contributed by atoms with Gasteiger partial charge in [0.05, 0.1) is 13.2 Å². The summed E-state index contributed by atoms with van der Waals surface area (Å²) in [6, 6.07) is 10.1. The Bertz CT molecular complexity index is 925. The maximum absolute atomic E-state index is 13.8. The van der Waals surface area contributed by atoms with Crippen LogP contribution in [0, 0.1) is 25.5 Å². The zero-order chi connectivity index (χ0) is 25.1. The second-order valence-corrected chi connectivity index (χ2v) is 7.98. The maximum atomic E-state index is 13.8. The lowest BCUT2D eigenvalue weighted by Gasteiger charge is -2.27. The van der Waals surface area contributed by atoms with Gasteiger partial charge in [-0.05, 0) is 56.6 Å². The molecule has 0 radical (unpaired) electrons. The number of rotatable bonds is 9. The van der Waals surface area contributed by atoms with E-state index in [0.717, 1.165) is 18.7 Å². The minimum Gasteiger partial charge on any atom is -0.473 e. The van der Waals surface area contributed by atoms with Gasteiger partial charge >= 0.3 is 11.9 Å². The van der Waals surface area contributed by atoms with Gasteiger partial charge in [-0.2, -0.15) is 0 Å². The molecule has 6 nitrogen and oxygen atoms in total. The molecule has 0 aromatic heterocycles. The van der Waals surface area contributed by atoms with Gasteiger partial charge in [0.15, 0.2) is 0 Å². The van der Waals surface area contributed by atoms with E-state index < -0.39 is 23.6 Å². The molecular formula is C25H31F2NO5. The predicted octanol–water partition coefficient (Wildman–Crippen LogP) is 4.55. The highest BCUT2D eigenvalue weighted by Crippen LogP contribution is 2.26. The summed E-state index contributed by atoms with van der Waals surface area (Å²) >= 11 is 0. The van der Waals surface area contributed by atoms with Crippen molar-refractivity contribution >= 4 is 11.9 Å². The lowest BCUT2D eigenvalue weighted by atomic mass is 9.90. The van der Waals surface area contributed by atoms with Crippen molar-refractivity contribution in [3.8, 4) is 0 Å².